The second-order valence-corrected chi connectivity index (χ2v) is 7.54. The van der Waals surface area contributed by atoms with Gasteiger partial charge in [0.1, 0.15) is 6.33 Å². The summed E-state index contributed by atoms with van der Waals surface area (Å²) in [6.07, 6.45) is 1.42. The summed E-state index contributed by atoms with van der Waals surface area (Å²) < 4.78 is 1.96. The molecule has 4 N–H and O–H groups in total. The summed E-state index contributed by atoms with van der Waals surface area (Å²) in [6, 6.07) is 5.32. The highest BCUT2D eigenvalue weighted by molar-refractivity contribution is 7.99. The maximum Gasteiger partial charge on any atom is 0.175 e. The third kappa shape index (κ3) is 4.21. The smallest absolute Gasteiger partial charge is 0.175 e. The van der Waals surface area contributed by atoms with Gasteiger partial charge < -0.3 is 20.7 Å². The van der Waals surface area contributed by atoms with Crippen molar-refractivity contribution in [2.75, 3.05) is 18.9 Å². The number of nitrogen functional groups attached to an aromatic ring is 1. The van der Waals surface area contributed by atoms with E-state index < -0.39 is 0 Å². The third-order valence-electron chi connectivity index (χ3n) is 3.72. The van der Waals surface area contributed by atoms with Gasteiger partial charge in [-0.3, -0.25) is 0 Å². The Kier molecular flexibility index (Phi) is 6.20. The van der Waals surface area contributed by atoms with Gasteiger partial charge in [-0.25, -0.2) is 15.0 Å². The van der Waals surface area contributed by atoms with Crippen LogP contribution in [-0.2, 0) is 6.54 Å². The third-order valence-corrected chi connectivity index (χ3v) is 5.45. The molecule has 0 radical (unpaired) electrons. The molecule has 0 saturated carbocycles. The number of nitrogens with zero attached hydrogens (tertiary/aromatic N) is 4. The molecule has 2 heterocycles. The Balaban J connectivity index is 1.94. The standard InChI is InChI=1S/C16H18Cl2N6OS/c1-9(7-25)20-4-5-24-15-13(14(19)21-8-22-15)23-16(24)26-12-3-2-10(17)6-11(12)18/h2-3,6,8-9,20,25H,4-5,7H2,1H3,(H2,19,21,22). The zero-order chi connectivity index (χ0) is 18.7. The molecule has 0 bridgehead atoms. The van der Waals surface area contributed by atoms with Crippen LogP contribution in [0.1, 0.15) is 6.92 Å². The van der Waals surface area contributed by atoms with Gasteiger partial charge in [0.2, 0.25) is 0 Å². The predicted octanol–water partition coefficient (Wildman–Crippen LogP) is 2.84. The van der Waals surface area contributed by atoms with Crippen LogP contribution in [0.15, 0.2) is 34.6 Å². The van der Waals surface area contributed by atoms with Gasteiger partial charge in [0.25, 0.3) is 0 Å². The lowest BCUT2D eigenvalue weighted by Crippen LogP contribution is -2.32. The van der Waals surface area contributed by atoms with E-state index in [0.717, 1.165) is 4.90 Å². The van der Waals surface area contributed by atoms with Gasteiger partial charge in [0.05, 0.1) is 11.6 Å². The van der Waals surface area contributed by atoms with E-state index in [2.05, 4.69) is 20.3 Å². The molecule has 2 aromatic heterocycles. The van der Waals surface area contributed by atoms with Crippen molar-refractivity contribution in [3.05, 3.63) is 34.6 Å². The maximum absolute atomic E-state index is 9.15. The van der Waals surface area contributed by atoms with E-state index in [1.807, 2.05) is 17.6 Å². The predicted molar refractivity (Wildman–Crippen MR) is 105 cm³/mol. The summed E-state index contributed by atoms with van der Waals surface area (Å²) in [5.74, 6) is 0.328. The lowest BCUT2D eigenvalue weighted by atomic mass is 10.3. The molecular formula is C16H18Cl2N6OS. The highest BCUT2D eigenvalue weighted by atomic mass is 35.5. The Bertz CT molecular complexity index is 919. The van der Waals surface area contributed by atoms with Gasteiger partial charge in [-0.2, -0.15) is 0 Å². The number of benzene rings is 1. The number of hydrogen-bond acceptors (Lipinski definition) is 7. The Morgan fingerprint density at radius 1 is 1.35 bits per heavy atom. The SMILES string of the molecule is CC(CO)NCCn1c(Sc2ccc(Cl)cc2Cl)nc2c(N)ncnc21. The van der Waals surface area contributed by atoms with Crippen LogP contribution in [0.3, 0.4) is 0 Å². The summed E-state index contributed by atoms with van der Waals surface area (Å²) in [5, 5.41) is 14.2. The van der Waals surface area contributed by atoms with E-state index in [0.29, 0.717) is 45.3 Å². The number of aliphatic hydroxyl groups excluding tert-OH is 1. The zero-order valence-electron chi connectivity index (χ0n) is 14.0. The number of fused-ring (bicyclic) bond motifs is 1. The maximum atomic E-state index is 9.15. The van der Waals surface area contributed by atoms with Crippen LogP contribution in [0.5, 0.6) is 0 Å². The minimum absolute atomic E-state index is 0.00583. The zero-order valence-corrected chi connectivity index (χ0v) is 16.3. The van der Waals surface area contributed by atoms with Crippen LogP contribution >= 0.6 is 35.0 Å². The molecule has 0 aliphatic rings. The van der Waals surface area contributed by atoms with Crippen molar-refractivity contribution in [3.63, 3.8) is 0 Å². The van der Waals surface area contributed by atoms with E-state index in [1.165, 1.54) is 18.1 Å². The van der Waals surface area contributed by atoms with Crippen molar-refractivity contribution >= 4 is 51.9 Å². The molecule has 7 nitrogen and oxygen atoms in total. The van der Waals surface area contributed by atoms with Crippen molar-refractivity contribution in [3.8, 4) is 0 Å². The Labute approximate surface area is 164 Å². The van der Waals surface area contributed by atoms with Crippen molar-refractivity contribution in [1.82, 2.24) is 24.8 Å². The molecule has 0 fully saturated rings. The van der Waals surface area contributed by atoms with Gasteiger partial charge >= 0.3 is 0 Å². The van der Waals surface area contributed by atoms with E-state index in [1.54, 1.807) is 12.1 Å². The lowest BCUT2D eigenvalue weighted by molar-refractivity contribution is 0.250. The molecular weight excluding hydrogens is 395 g/mol. The van der Waals surface area contributed by atoms with E-state index >= 15 is 0 Å². The average Bonchev–Trinajstić information content (AvgIpc) is 2.96. The number of rotatable bonds is 7. The van der Waals surface area contributed by atoms with Crippen molar-refractivity contribution < 1.29 is 5.11 Å². The second kappa shape index (κ2) is 8.41. The van der Waals surface area contributed by atoms with E-state index in [-0.39, 0.29) is 12.6 Å². The fraction of sp³-hybridized carbons (Fsp3) is 0.312. The Hall–Kier alpha value is -1.58. The first-order valence-corrected chi connectivity index (χ1v) is 9.50. The highest BCUT2D eigenvalue weighted by Gasteiger charge is 2.17. The van der Waals surface area contributed by atoms with E-state index in [4.69, 9.17) is 34.0 Å². The Morgan fingerprint density at radius 3 is 2.88 bits per heavy atom. The van der Waals surface area contributed by atoms with Crippen LogP contribution in [0.4, 0.5) is 5.82 Å². The van der Waals surface area contributed by atoms with Crippen LogP contribution in [0, 0.1) is 0 Å². The number of aromatic nitrogens is 4. The molecule has 3 aromatic rings. The number of anilines is 1. The van der Waals surface area contributed by atoms with Gasteiger partial charge in [-0.05, 0) is 25.1 Å². The summed E-state index contributed by atoms with van der Waals surface area (Å²) >= 11 is 13.7. The molecule has 0 aliphatic carbocycles. The minimum atomic E-state index is 0.00583. The quantitative estimate of drug-likeness (QED) is 0.548. The number of imidazole rings is 1. The fourth-order valence-electron chi connectivity index (χ4n) is 2.36. The molecule has 0 spiro atoms. The highest BCUT2D eigenvalue weighted by Crippen LogP contribution is 2.36. The first kappa shape index (κ1) is 19.2. The summed E-state index contributed by atoms with van der Waals surface area (Å²) in [5.41, 5.74) is 7.16. The molecule has 1 atom stereocenters. The molecule has 3 rings (SSSR count). The molecule has 26 heavy (non-hydrogen) atoms. The number of nitrogens with two attached hydrogens (primary N) is 1. The molecule has 0 amide bonds. The topological polar surface area (TPSA) is 102 Å². The molecule has 138 valence electrons. The fourth-order valence-corrected chi connectivity index (χ4v) is 3.80. The second-order valence-electron chi connectivity index (χ2n) is 5.69. The minimum Gasteiger partial charge on any atom is -0.395 e. The van der Waals surface area contributed by atoms with Crippen molar-refractivity contribution in [1.29, 1.82) is 0 Å². The van der Waals surface area contributed by atoms with Gasteiger partial charge in [-0.15, -0.1) is 0 Å². The lowest BCUT2D eigenvalue weighted by Gasteiger charge is -2.13. The summed E-state index contributed by atoms with van der Waals surface area (Å²) in [7, 11) is 0. The number of aliphatic hydroxyl groups is 1. The van der Waals surface area contributed by atoms with Crippen LogP contribution in [0.2, 0.25) is 10.0 Å². The Morgan fingerprint density at radius 2 is 2.15 bits per heavy atom. The molecule has 10 heteroatoms. The first-order valence-electron chi connectivity index (χ1n) is 7.93. The molecule has 0 aliphatic heterocycles. The number of nitrogens with one attached hydrogen (secondary N) is 1. The van der Waals surface area contributed by atoms with Crippen molar-refractivity contribution in [2.45, 2.75) is 29.6 Å². The van der Waals surface area contributed by atoms with Gasteiger partial charge in [0, 0.05) is 29.0 Å². The van der Waals surface area contributed by atoms with E-state index in [9.17, 15) is 0 Å². The van der Waals surface area contributed by atoms with Crippen LogP contribution in [0.25, 0.3) is 11.2 Å². The normalized spacial score (nSPS) is 12.6. The molecule has 0 saturated heterocycles. The number of hydrogen-bond donors (Lipinski definition) is 3. The monoisotopic (exact) mass is 412 g/mol. The van der Waals surface area contributed by atoms with Crippen LogP contribution in [-0.4, -0.2) is 43.8 Å². The van der Waals surface area contributed by atoms with Gasteiger partial charge in [0.15, 0.2) is 22.1 Å². The molecule has 1 aromatic carbocycles. The summed E-state index contributed by atoms with van der Waals surface area (Å²) in [4.78, 5) is 13.8. The van der Waals surface area contributed by atoms with Gasteiger partial charge in [-0.1, -0.05) is 35.0 Å². The largest absolute Gasteiger partial charge is 0.395 e. The average molecular weight is 413 g/mol. The first-order chi connectivity index (χ1) is 12.5. The summed E-state index contributed by atoms with van der Waals surface area (Å²) in [6.45, 7) is 3.22. The van der Waals surface area contributed by atoms with Crippen molar-refractivity contribution in [2.24, 2.45) is 0 Å². The molecule has 1 unspecified atom stereocenters. The number of halogens is 2. The van der Waals surface area contributed by atoms with Crippen LogP contribution < -0.4 is 11.1 Å².